The highest BCUT2D eigenvalue weighted by Crippen LogP contribution is 2.22. The third-order valence-electron chi connectivity index (χ3n) is 3.56. The van der Waals surface area contributed by atoms with E-state index in [-0.39, 0.29) is 11.3 Å². The second-order valence-corrected chi connectivity index (χ2v) is 5.87. The first-order valence-corrected chi connectivity index (χ1v) is 8.32. The van der Waals surface area contributed by atoms with Gasteiger partial charge in [0.2, 0.25) is 5.91 Å². The van der Waals surface area contributed by atoms with Crippen molar-refractivity contribution in [3.63, 3.8) is 0 Å². The number of primary amides is 1. The van der Waals surface area contributed by atoms with E-state index in [4.69, 9.17) is 22.1 Å². The van der Waals surface area contributed by atoms with Crippen LogP contribution in [0.25, 0.3) is 6.08 Å². The van der Waals surface area contributed by atoms with Crippen molar-refractivity contribution >= 4 is 29.6 Å². The van der Waals surface area contributed by atoms with E-state index in [1.54, 1.807) is 29.0 Å². The molecule has 0 saturated carbocycles. The molecule has 0 aliphatic heterocycles. The number of nitrogens with two attached hydrogens (primary N) is 1. The molecule has 0 fully saturated rings. The van der Waals surface area contributed by atoms with Crippen molar-refractivity contribution in [3.05, 3.63) is 52.3 Å². The Kier molecular flexibility index (Phi) is 6.36. The first kappa shape index (κ1) is 18.7. The van der Waals surface area contributed by atoms with Crippen LogP contribution in [0.1, 0.15) is 41.4 Å². The number of nitrogens with zero attached hydrogens (tertiary/aromatic N) is 2. The fourth-order valence-electron chi connectivity index (χ4n) is 2.23. The van der Waals surface area contributed by atoms with Crippen molar-refractivity contribution < 1.29 is 14.3 Å². The number of aromatic nitrogens is 2. The summed E-state index contributed by atoms with van der Waals surface area (Å²) in [4.78, 5) is 23.1. The predicted molar refractivity (Wildman–Crippen MR) is 96.5 cm³/mol. The van der Waals surface area contributed by atoms with Crippen molar-refractivity contribution in [3.8, 4) is 5.75 Å². The van der Waals surface area contributed by atoms with E-state index < -0.39 is 11.9 Å². The molecule has 0 radical (unpaired) electrons. The van der Waals surface area contributed by atoms with Crippen LogP contribution < -0.4 is 10.5 Å². The van der Waals surface area contributed by atoms with Gasteiger partial charge < -0.3 is 10.5 Å². The number of rotatable bonds is 7. The molecule has 0 saturated heterocycles. The Balaban J connectivity index is 2.09. The first-order chi connectivity index (χ1) is 11.9. The maximum atomic E-state index is 12.0. The van der Waals surface area contributed by atoms with E-state index in [2.05, 4.69) is 12.0 Å². The highest BCUT2D eigenvalue weighted by atomic mass is 35.5. The summed E-state index contributed by atoms with van der Waals surface area (Å²) in [6.45, 7) is 4.65. The molecule has 0 aliphatic carbocycles. The van der Waals surface area contributed by atoms with Gasteiger partial charge in [-0.15, -0.1) is 0 Å². The lowest BCUT2D eigenvalue weighted by Crippen LogP contribution is -2.11. The average Bonchev–Trinajstić information content (AvgIpc) is 2.85. The summed E-state index contributed by atoms with van der Waals surface area (Å²) in [6.07, 6.45) is 4.86. The number of hydrogen-bond donors (Lipinski definition) is 1. The number of esters is 1. The van der Waals surface area contributed by atoms with Crippen LogP contribution in [0, 0.1) is 6.92 Å². The highest BCUT2D eigenvalue weighted by Gasteiger charge is 2.11. The summed E-state index contributed by atoms with van der Waals surface area (Å²) in [7, 11) is 0. The molecule has 1 aromatic carbocycles. The van der Waals surface area contributed by atoms with Gasteiger partial charge in [-0.3, -0.25) is 9.48 Å². The molecule has 1 amide bonds. The minimum atomic E-state index is -0.588. The number of hydrogen-bond acceptors (Lipinski definition) is 4. The van der Waals surface area contributed by atoms with Crippen molar-refractivity contribution in [2.45, 2.75) is 33.2 Å². The van der Waals surface area contributed by atoms with Crippen LogP contribution in [0.5, 0.6) is 5.75 Å². The highest BCUT2D eigenvalue weighted by molar-refractivity contribution is 6.31. The van der Waals surface area contributed by atoms with Crippen LogP contribution >= 0.6 is 11.6 Å². The summed E-state index contributed by atoms with van der Waals surface area (Å²) in [6, 6.07) is 6.11. The number of carbonyl (C=O) groups excluding carboxylic acids is 2. The molecular weight excluding hydrogens is 342 g/mol. The largest absolute Gasteiger partial charge is 0.423 e. The van der Waals surface area contributed by atoms with E-state index in [9.17, 15) is 9.59 Å². The van der Waals surface area contributed by atoms with Crippen LogP contribution in [0.4, 0.5) is 0 Å². The van der Waals surface area contributed by atoms with Gasteiger partial charge in [-0.25, -0.2) is 4.79 Å². The van der Waals surface area contributed by atoms with Crippen molar-refractivity contribution in [2.75, 3.05) is 0 Å². The zero-order valence-corrected chi connectivity index (χ0v) is 14.9. The Morgan fingerprint density at radius 1 is 1.40 bits per heavy atom. The Hall–Kier alpha value is -2.60. The van der Waals surface area contributed by atoms with Gasteiger partial charge >= 0.3 is 5.97 Å². The zero-order valence-electron chi connectivity index (χ0n) is 14.2. The molecule has 2 rings (SSSR count). The molecule has 1 aromatic heterocycles. The number of benzene rings is 1. The van der Waals surface area contributed by atoms with E-state index in [0.717, 1.165) is 25.1 Å². The number of amides is 1. The number of ether oxygens (including phenoxy) is 1. The molecule has 25 heavy (non-hydrogen) atoms. The molecule has 132 valence electrons. The van der Waals surface area contributed by atoms with E-state index >= 15 is 0 Å². The Labute approximate surface area is 151 Å². The summed E-state index contributed by atoms with van der Waals surface area (Å²) in [5, 5.41) is 4.86. The molecule has 0 bridgehead atoms. The zero-order chi connectivity index (χ0) is 18.4. The van der Waals surface area contributed by atoms with Gasteiger partial charge in [-0.05, 0) is 37.6 Å². The summed E-state index contributed by atoms with van der Waals surface area (Å²) < 4.78 is 6.90. The quantitative estimate of drug-likeness (QED) is 0.465. The van der Waals surface area contributed by atoms with Gasteiger partial charge in [0.15, 0.2) is 0 Å². The molecule has 0 spiro atoms. The minimum Gasteiger partial charge on any atom is -0.423 e. The molecule has 0 atom stereocenters. The maximum absolute atomic E-state index is 12.0. The lowest BCUT2D eigenvalue weighted by molar-refractivity contribution is -0.128. The maximum Gasteiger partial charge on any atom is 0.336 e. The molecule has 0 aliphatic rings. The number of halogens is 1. The van der Waals surface area contributed by atoms with Crippen LogP contribution in [0.15, 0.2) is 30.3 Å². The summed E-state index contributed by atoms with van der Waals surface area (Å²) in [5.74, 6) is -0.929. The second kappa shape index (κ2) is 8.48. The van der Waals surface area contributed by atoms with Crippen LogP contribution in [0.2, 0.25) is 5.15 Å². The third-order valence-corrected chi connectivity index (χ3v) is 3.95. The number of unbranched alkanes of at least 4 members (excludes halogenated alkanes) is 1. The lowest BCUT2D eigenvalue weighted by atomic mass is 10.2. The van der Waals surface area contributed by atoms with Crippen LogP contribution in [0.3, 0.4) is 0 Å². The smallest absolute Gasteiger partial charge is 0.336 e. The van der Waals surface area contributed by atoms with Crippen molar-refractivity contribution in [1.29, 1.82) is 0 Å². The molecule has 0 unspecified atom stereocenters. The lowest BCUT2D eigenvalue weighted by Gasteiger charge is -2.02. The molecule has 2 aromatic rings. The van der Waals surface area contributed by atoms with E-state index in [1.165, 1.54) is 12.1 Å². The number of carbonyl (C=O) groups is 2. The fraction of sp³-hybridized carbons (Fsp3) is 0.278. The predicted octanol–water partition coefficient (Wildman–Crippen LogP) is 3.36. The summed E-state index contributed by atoms with van der Waals surface area (Å²) >= 11 is 6.31. The number of aryl methyl sites for hydroxylation is 2. The molecule has 1 heterocycles. The second-order valence-electron chi connectivity index (χ2n) is 5.51. The van der Waals surface area contributed by atoms with Gasteiger partial charge in [-0.2, -0.15) is 5.10 Å². The Morgan fingerprint density at radius 2 is 2.16 bits per heavy atom. The van der Waals surface area contributed by atoms with Gasteiger partial charge in [-0.1, -0.05) is 31.0 Å². The standard InChI is InChI=1S/C18H20ClN3O3/c1-3-4-10-22-17(19)15(12(2)21-22)8-9-16(23)25-14-7-5-6-13(11-14)18(20)24/h5-9,11H,3-4,10H2,1-2H3,(H2,20,24)/b9-8+. The van der Waals surface area contributed by atoms with Crippen LogP contribution in [-0.4, -0.2) is 21.7 Å². The monoisotopic (exact) mass is 361 g/mol. The normalized spacial score (nSPS) is 11.0. The van der Waals surface area contributed by atoms with Gasteiger partial charge in [0.25, 0.3) is 0 Å². The van der Waals surface area contributed by atoms with E-state index in [1.807, 2.05) is 6.92 Å². The Morgan fingerprint density at radius 3 is 2.84 bits per heavy atom. The SMILES string of the molecule is CCCCn1nc(C)c(/C=C/C(=O)Oc2cccc(C(N)=O)c2)c1Cl. The fourth-order valence-corrected chi connectivity index (χ4v) is 2.55. The molecule has 6 nitrogen and oxygen atoms in total. The van der Waals surface area contributed by atoms with Gasteiger partial charge in [0.05, 0.1) is 5.69 Å². The van der Waals surface area contributed by atoms with Gasteiger partial charge in [0.1, 0.15) is 10.9 Å². The molecule has 2 N–H and O–H groups in total. The van der Waals surface area contributed by atoms with E-state index in [0.29, 0.717) is 10.7 Å². The van der Waals surface area contributed by atoms with Crippen molar-refractivity contribution in [1.82, 2.24) is 9.78 Å². The first-order valence-electron chi connectivity index (χ1n) is 7.95. The van der Waals surface area contributed by atoms with Crippen molar-refractivity contribution in [2.24, 2.45) is 5.73 Å². The Bertz CT molecular complexity index is 812. The van der Waals surface area contributed by atoms with Crippen LogP contribution in [-0.2, 0) is 11.3 Å². The molecule has 7 heteroatoms. The molecular formula is C18H20ClN3O3. The summed E-state index contributed by atoms with van der Waals surface area (Å²) in [5.41, 5.74) is 6.89. The minimum absolute atomic E-state index is 0.243. The average molecular weight is 362 g/mol. The van der Waals surface area contributed by atoms with Gasteiger partial charge in [0, 0.05) is 23.7 Å². The topological polar surface area (TPSA) is 87.2 Å². The third kappa shape index (κ3) is 4.93.